The highest BCUT2D eigenvalue weighted by atomic mass is 35.5. The molecule has 0 saturated heterocycles. The number of sulfonamides is 1. The van der Waals surface area contributed by atoms with Gasteiger partial charge in [0.05, 0.1) is 11.9 Å². The Balaban J connectivity index is 1.94. The van der Waals surface area contributed by atoms with Crippen molar-refractivity contribution in [2.24, 2.45) is 0 Å². The van der Waals surface area contributed by atoms with E-state index in [0.29, 0.717) is 17.3 Å². The van der Waals surface area contributed by atoms with Crippen molar-refractivity contribution in [3.63, 3.8) is 0 Å². The molecular formula is C20H24ClFN2O3S2. The lowest BCUT2D eigenvalue weighted by Gasteiger charge is -2.30. The van der Waals surface area contributed by atoms with Crippen molar-refractivity contribution in [2.45, 2.75) is 25.1 Å². The molecule has 0 spiro atoms. The van der Waals surface area contributed by atoms with E-state index in [1.807, 2.05) is 24.3 Å². The number of nitrogens with one attached hydrogen (secondary N) is 1. The van der Waals surface area contributed by atoms with E-state index >= 15 is 0 Å². The molecule has 0 aromatic heterocycles. The molecule has 0 aliphatic heterocycles. The van der Waals surface area contributed by atoms with Crippen LogP contribution in [-0.4, -0.2) is 38.9 Å². The van der Waals surface area contributed by atoms with Gasteiger partial charge in [-0.3, -0.25) is 9.10 Å². The van der Waals surface area contributed by atoms with Gasteiger partial charge in [-0.1, -0.05) is 30.7 Å². The second-order valence-corrected chi connectivity index (χ2v) is 9.83. The lowest BCUT2D eigenvalue weighted by atomic mass is 10.2. The van der Waals surface area contributed by atoms with Crippen molar-refractivity contribution < 1.29 is 17.6 Å². The van der Waals surface area contributed by atoms with Gasteiger partial charge in [0, 0.05) is 23.1 Å². The van der Waals surface area contributed by atoms with Crippen LogP contribution in [0.4, 0.5) is 10.1 Å². The van der Waals surface area contributed by atoms with Gasteiger partial charge < -0.3 is 5.32 Å². The minimum Gasteiger partial charge on any atom is -0.353 e. The molecule has 5 nitrogen and oxygen atoms in total. The van der Waals surface area contributed by atoms with Crippen LogP contribution in [-0.2, 0) is 20.6 Å². The highest BCUT2D eigenvalue weighted by Crippen LogP contribution is 2.23. The molecule has 2 rings (SSSR count). The van der Waals surface area contributed by atoms with Crippen LogP contribution >= 0.6 is 23.4 Å². The highest BCUT2D eigenvalue weighted by molar-refractivity contribution is 7.98. The molecule has 1 amide bonds. The van der Waals surface area contributed by atoms with Crippen LogP contribution < -0.4 is 9.62 Å². The maximum absolute atomic E-state index is 13.2. The normalized spacial score (nSPS) is 12.4. The molecular weight excluding hydrogens is 435 g/mol. The fraction of sp³-hybridized carbons (Fsp3) is 0.350. The highest BCUT2D eigenvalue weighted by Gasteiger charge is 2.31. The fourth-order valence-electron chi connectivity index (χ4n) is 2.78. The first-order valence-corrected chi connectivity index (χ1v) is 12.5. The summed E-state index contributed by atoms with van der Waals surface area (Å²) in [5, 5.41) is 3.49. The summed E-state index contributed by atoms with van der Waals surface area (Å²) in [4.78, 5) is 12.7. The Kier molecular flexibility index (Phi) is 8.79. The van der Waals surface area contributed by atoms with Crippen molar-refractivity contribution in [2.75, 3.05) is 22.9 Å². The Bertz CT molecular complexity index is 906. The predicted molar refractivity (Wildman–Crippen MR) is 118 cm³/mol. The molecule has 0 aliphatic rings. The molecule has 9 heteroatoms. The van der Waals surface area contributed by atoms with Crippen molar-refractivity contribution >= 4 is 45.0 Å². The summed E-state index contributed by atoms with van der Waals surface area (Å²) in [5.74, 6) is 0.613. The second-order valence-electron chi connectivity index (χ2n) is 6.43. The number of thioether (sulfide) groups is 1. The maximum Gasteiger partial charge on any atom is 0.243 e. The zero-order valence-electron chi connectivity index (χ0n) is 16.3. The zero-order chi connectivity index (χ0) is 21.4. The molecule has 0 bridgehead atoms. The SMILES string of the molecule is CC[C@@H](C(=O)NCCSCc1ccc(Cl)cc1)N(c1ccc(F)cc1)S(C)(=O)=O. The number of carbonyl (C=O) groups excluding carboxylic acids is 1. The van der Waals surface area contributed by atoms with Crippen molar-refractivity contribution in [1.29, 1.82) is 0 Å². The number of rotatable bonds is 10. The first-order chi connectivity index (χ1) is 13.7. The van der Waals surface area contributed by atoms with Crippen LogP contribution in [0.1, 0.15) is 18.9 Å². The van der Waals surface area contributed by atoms with Gasteiger partial charge >= 0.3 is 0 Å². The Hall–Kier alpha value is -1.77. The lowest BCUT2D eigenvalue weighted by molar-refractivity contribution is -0.122. The van der Waals surface area contributed by atoms with Crippen molar-refractivity contribution in [3.8, 4) is 0 Å². The van der Waals surface area contributed by atoms with Crippen LogP contribution in [0.5, 0.6) is 0 Å². The smallest absolute Gasteiger partial charge is 0.243 e. The third kappa shape index (κ3) is 7.21. The number of nitrogens with zero attached hydrogens (tertiary/aromatic N) is 1. The van der Waals surface area contributed by atoms with Crippen LogP contribution in [0, 0.1) is 5.82 Å². The van der Waals surface area contributed by atoms with E-state index < -0.39 is 21.9 Å². The van der Waals surface area contributed by atoms with E-state index in [4.69, 9.17) is 11.6 Å². The summed E-state index contributed by atoms with van der Waals surface area (Å²) < 4.78 is 38.9. The Morgan fingerprint density at radius 2 is 1.79 bits per heavy atom. The monoisotopic (exact) mass is 458 g/mol. The quantitative estimate of drug-likeness (QED) is 0.545. The summed E-state index contributed by atoms with van der Waals surface area (Å²) in [6, 6.07) is 11.7. The van der Waals surface area contributed by atoms with E-state index in [2.05, 4.69) is 5.32 Å². The van der Waals surface area contributed by atoms with Crippen LogP contribution in [0.25, 0.3) is 0 Å². The van der Waals surface area contributed by atoms with Gasteiger partial charge in [-0.2, -0.15) is 11.8 Å². The first kappa shape index (κ1) is 23.5. The Labute approximate surface area is 180 Å². The van der Waals surface area contributed by atoms with Crippen molar-refractivity contribution in [3.05, 3.63) is 64.9 Å². The van der Waals surface area contributed by atoms with Gasteiger partial charge in [0.15, 0.2) is 0 Å². The minimum atomic E-state index is -3.73. The predicted octanol–water partition coefficient (Wildman–Crippen LogP) is 4.07. The van der Waals surface area contributed by atoms with E-state index in [1.54, 1.807) is 18.7 Å². The molecule has 0 unspecified atom stereocenters. The van der Waals surface area contributed by atoms with Crippen LogP contribution in [0.3, 0.4) is 0 Å². The van der Waals surface area contributed by atoms with Gasteiger partial charge in [0.25, 0.3) is 0 Å². The van der Waals surface area contributed by atoms with Crippen LogP contribution in [0.2, 0.25) is 5.02 Å². The summed E-state index contributed by atoms with van der Waals surface area (Å²) in [7, 11) is -3.73. The lowest BCUT2D eigenvalue weighted by Crippen LogP contribution is -2.49. The van der Waals surface area contributed by atoms with E-state index in [9.17, 15) is 17.6 Å². The number of hydrogen-bond donors (Lipinski definition) is 1. The molecule has 2 aromatic rings. The van der Waals surface area contributed by atoms with Gasteiger partial charge in [-0.25, -0.2) is 12.8 Å². The van der Waals surface area contributed by atoms with Gasteiger partial charge in [0.1, 0.15) is 11.9 Å². The van der Waals surface area contributed by atoms with Gasteiger partial charge in [-0.05, 0) is 48.4 Å². The van der Waals surface area contributed by atoms with E-state index in [1.165, 1.54) is 24.3 Å². The average Bonchev–Trinajstić information content (AvgIpc) is 2.67. The van der Waals surface area contributed by atoms with Gasteiger partial charge in [-0.15, -0.1) is 0 Å². The second kappa shape index (κ2) is 10.8. The number of anilines is 1. The molecule has 29 heavy (non-hydrogen) atoms. The van der Waals surface area contributed by atoms with E-state index in [-0.39, 0.29) is 18.0 Å². The first-order valence-electron chi connectivity index (χ1n) is 9.07. The fourth-order valence-corrected chi connectivity index (χ4v) is 4.94. The third-order valence-electron chi connectivity index (χ3n) is 4.14. The summed E-state index contributed by atoms with van der Waals surface area (Å²) >= 11 is 7.52. The maximum atomic E-state index is 13.2. The molecule has 0 aliphatic carbocycles. The summed E-state index contributed by atoms with van der Waals surface area (Å²) in [5.41, 5.74) is 1.39. The molecule has 0 radical (unpaired) electrons. The van der Waals surface area contributed by atoms with Crippen LogP contribution in [0.15, 0.2) is 48.5 Å². The molecule has 0 fully saturated rings. The number of carbonyl (C=O) groups is 1. The number of halogens is 2. The zero-order valence-corrected chi connectivity index (χ0v) is 18.7. The van der Waals surface area contributed by atoms with Crippen molar-refractivity contribution in [1.82, 2.24) is 5.32 Å². The third-order valence-corrected chi connectivity index (χ3v) is 6.60. The molecule has 158 valence electrons. The molecule has 2 aromatic carbocycles. The minimum absolute atomic E-state index is 0.257. The number of benzene rings is 2. The largest absolute Gasteiger partial charge is 0.353 e. The Morgan fingerprint density at radius 1 is 1.17 bits per heavy atom. The molecule has 1 atom stereocenters. The molecule has 0 saturated carbocycles. The average molecular weight is 459 g/mol. The van der Waals surface area contributed by atoms with Gasteiger partial charge in [0.2, 0.25) is 15.9 Å². The molecule has 1 N–H and O–H groups in total. The number of hydrogen-bond acceptors (Lipinski definition) is 4. The summed E-state index contributed by atoms with van der Waals surface area (Å²) in [6.07, 6.45) is 1.32. The standard InChI is InChI=1S/C20H24ClFN2O3S2/c1-3-19(24(29(2,26)27)18-10-8-17(22)9-11-18)20(25)23-12-13-28-14-15-4-6-16(21)7-5-15/h4-11,19H,3,12-14H2,1-2H3,(H,23,25)/t19-/m0/s1. The molecule has 0 heterocycles. The Morgan fingerprint density at radius 3 is 2.34 bits per heavy atom. The topological polar surface area (TPSA) is 66.5 Å². The van der Waals surface area contributed by atoms with E-state index in [0.717, 1.165) is 21.9 Å². The number of amides is 1. The summed E-state index contributed by atoms with van der Waals surface area (Å²) in [6.45, 7) is 2.15.